The third-order valence-electron chi connectivity index (χ3n) is 3.63. The van der Waals surface area contributed by atoms with Crippen molar-refractivity contribution in [2.75, 3.05) is 6.61 Å². The molecule has 0 heterocycles. The summed E-state index contributed by atoms with van der Waals surface area (Å²) in [6.45, 7) is 4.23. The van der Waals surface area contributed by atoms with Gasteiger partial charge >= 0.3 is 0 Å². The van der Waals surface area contributed by atoms with E-state index in [4.69, 9.17) is 10.8 Å². The van der Waals surface area contributed by atoms with Crippen LogP contribution < -0.4 is 5.73 Å². The number of hydrogen-bond acceptors (Lipinski definition) is 2. The van der Waals surface area contributed by atoms with Gasteiger partial charge in [0.05, 0.1) is 6.61 Å². The number of nitrogens with two attached hydrogens (primary N) is 1. The van der Waals surface area contributed by atoms with Crippen LogP contribution in [0.5, 0.6) is 0 Å². The van der Waals surface area contributed by atoms with E-state index in [-0.39, 0.29) is 6.61 Å². The molecule has 0 aliphatic carbocycles. The Bertz CT molecular complexity index is 211. The van der Waals surface area contributed by atoms with Crippen LogP contribution in [0.1, 0.15) is 84.5 Å². The molecule has 114 valence electrons. The molecule has 0 saturated carbocycles. The lowest BCUT2D eigenvalue weighted by atomic mass is 9.98. The SMILES string of the molecule is CCCCCCCCCC/C=C/CCC(C)(N)CO. The van der Waals surface area contributed by atoms with Gasteiger partial charge in [-0.2, -0.15) is 0 Å². The summed E-state index contributed by atoms with van der Waals surface area (Å²) in [5.41, 5.74) is 5.45. The van der Waals surface area contributed by atoms with Gasteiger partial charge < -0.3 is 10.8 Å². The van der Waals surface area contributed by atoms with E-state index in [1.807, 2.05) is 6.92 Å². The van der Waals surface area contributed by atoms with Gasteiger partial charge in [-0.3, -0.25) is 0 Å². The van der Waals surface area contributed by atoms with Crippen LogP contribution in [-0.4, -0.2) is 17.3 Å². The highest BCUT2D eigenvalue weighted by molar-refractivity contribution is 4.86. The van der Waals surface area contributed by atoms with E-state index in [2.05, 4.69) is 19.1 Å². The van der Waals surface area contributed by atoms with Gasteiger partial charge in [-0.25, -0.2) is 0 Å². The van der Waals surface area contributed by atoms with Gasteiger partial charge in [-0.05, 0) is 32.6 Å². The lowest BCUT2D eigenvalue weighted by molar-refractivity contribution is 0.201. The summed E-state index contributed by atoms with van der Waals surface area (Å²) in [6.07, 6.45) is 18.5. The molecule has 0 spiro atoms. The summed E-state index contributed by atoms with van der Waals surface area (Å²) in [4.78, 5) is 0. The summed E-state index contributed by atoms with van der Waals surface area (Å²) < 4.78 is 0. The molecule has 0 amide bonds. The van der Waals surface area contributed by atoms with Crippen molar-refractivity contribution in [1.82, 2.24) is 0 Å². The first kappa shape index (κ1) is 18.7. The Kier molecular flexibility index (Phi) is 12.5. The Hall–Kier alpha value is -0.340. The maximum absolute atomic E-state index is 9.02. The number of aliphatic hydroxyl groups is 1. The lowest BCUT2D eigenvalue weighted by Gasteiger charge is -2.20. The summed E-state index contributed by atoms with van der Waals surface area (Å²) in [7, 11) is 0. The zero-order chi connectivity index (χ0) is 14.4. The maximum Gasteiger partial charge on any atom is 0.0608 e. The smallest absolute Gasteiger partial charge is 0.0608 e. The van der Waals surface area contributed by atoms with Crippen molar-refractivity contribution >= 4 is 0 Å². The first-order valence-corrected chi connectivity index (χ1v) is 8.17. The summed E-state index contributed by atoms with van der Waals surface area (Å²) in [6, 6.07) is 0. The van der Waals surface area contributed by atoms with Crippen LogP contribution in [0.25, 0.3) is 0 Å². The second-order valence-corrected chi connectivity index (χ2v) is 6.09. The third kappa shape index (κ3) is 13.9. The molecular formula is C17H35NO. The maximum atomic E-state index is 9.02. The fourth-order valence-corrected chi connectivity index (χ4v) is 2.12. The summed E-state index contributed by atoms with van der Waals surface area (Å²) in [5, 5.41) is 9.02. The van der Waals surface area contributed by atoms with E-state index in [0.717, 1.165) is 12.8 Å². The Morgan fingerprint density at radius 1 is 0.895 bits per heavy atom. The highest BCUT2D eigenvalue weighted by Crippen LogP contribution is 2.11. The van der Waals surface area contributed by atoms with E-state index >= 15 is 0 Å². The summed E-state index contributed by atoms with van der Waals surface area (Å²) >= 11 is 0. The molecule has 0 aromatic carbocycles. The van der Waals surface area contributed by atoms with Crippen molar-refractivity contribution < 1.29 is 5.11 Å². The molecule has 1 atom stereocenters. The number of unbranched alkanes of at least 4 members (excludes halogenated alkanes) is 8. The zero-order valence-electron chi connectivity index (χ0n) is 13.2. The molecule has 2 heteroatoms. The monoisotopic (exact) mass is 269 g/mol. The largest absolute Gasteiger partial charge is 0.394 e. The fraction of sp³-hybridized carbons (Fsp3) is 0.882. The Labute approximate surface area is 120 Å². The predicted octanol–water partition coefficient (Wildman–Crippen LogP) is 4.56. The van der Waals surface area contributed by atoms with Crippen LogP contribution in [0.3, 0.4) is 0 Å². The Balaban J connectivity index is 3.21. The van der Waals surface area contributed by atoms with E-state index in [1.54, 1.807) is 0 Å². The van der Waals surface area contributed by atoms with Crippen LogP contribution in [0, 0.1) is 0 Å². The minimum atomic E-state index is -0.414. The Morgan fingerprint density at radius 2 is 1.42 bits per heavy atom. The molecule has 0 radical (unpaired) electrons. The van der Waals surface area contributed by atoms with Crippen molar-refractivity contribution in [1.29, 1.82) is 0 Å². The van der Waals surface area contributed by atoms with Gasteiger partial charge in [0, 0.05) is 5.54 Å². The van der Waals surface area contributed by atoms with Crippen LogP contribution in [0.4, 0.5) is 0 Å². The molecule has 0 aliphatic rings. The van der Waals surface area contributed by atoms with Crippen LogP contribution in [-0.2, 0) is 0 Å². The van der Waals surface area contributed by atoms with Gasteiger partial charge in [-0.1, -0.05) is 64.0 Å². The molecule has 0 aromatic rings. The number of rotatable bonds is 13. The van der Waals surface area contributed by atoms with Crippen LogP contribution in [0.15, 0.2) is 12.2 Å². The van der Waals surface area contributed by atoms with Gasteiger partial charge in [0.2, 0.25) is 0 Å². The van der Waals surface area contributed by atoms with Gasteiger partial charge in [-0.15, -0.1) is 0 Å². The second kappa shape index (κ2) is 12.7. The minimum Gasteiger partial charge on any atom is -0.394 e. The molecule has 0 fully saturated rings. The average molecular weight is 269 g/mol. The average Bonchev–Trinajstić information content (AvgIpc) is 2.40. The molecule has 19 heavy (non-hydrogen) atoms. The highest BCUT2D eigenvalue weighted by Gasteiger charge is 2.14. The van der Waals surface area contributed by atoms with Crippen molar-refractivity contribution in [3.05, 3.63) is 12.2 Å². The Morgan fingerprint density at radius 3 is 2.00 bits per heavy atom. The van der Waals surface area contributed by atoms with Crippen molar-refractivity contribution in [2.24, 2.45) is 5.73 Å². The lowest BCUT2D eigenvalue weighted by Crippen LogP contribution is -2.39. The molecule has 2 nitrogen and oxygen atoms in total. The van der Waals surface area contributed by atoms with E-state index in [1.165, 1.54) is 57.8 Å². The van der Waals surface area contributed by atoms with E-state index in [0.29, 0.717) is 0 Å². The molecule has 0 aromatic heterocycles. The molecular weight excluding hydrogens is 234 g/mol. The van der Waals surface area contributed by atoms with Crippen molar-refractivity contribution in [2.45, 2.75) is 90.0 Å². The normalized spacial score (nSPS) is 14.9. The van der Waals surface area contributed by atoms with E-state index in [9.17, 15) is 0 Å². The van der Waals surface area contributed by atoms with Crippen LogP contribution in [0.2, 0.25) is 0 Å². The topological polar surface area (TPSA) is 46.2 Å². The van der Waals surface area contributed by atoms with E-state index < -0.39 is 5.54 Å². The van der Waals surface area contributed by atoms with Gasteiger partial charge in [0.1, 0.15) is 0 Å². The first-order chi connectivity index (χ1) is 9.12. The molecule has 0 rings (SSSR count). The molecule has 0 saturated heterocycles. The molecule has 0 aliphatic heterocycles. The molecule has 0 bridgehead atoms. The standard InChI is InChI=1S/C17H35NO/c1-3-4-5-6-7-8-9-10-11-12-13-14-15-17(2,18)16-19/h12-13,19H,3-11,14-16,18H2,1-2H3/b13-12+. The highest BCUT2D eigenvalue weighted by atomic mass is 16.3. The molecule has 3 N–H and O–H groups in total. The van der Waals surface area contributed by atoms with Crippen molar-refractivity contribution in [3.63, 3.8) is 0 Å². The zero-order valence-corrected chi connectivity index (χ0v) is 13.2. The second-order valence-electron chi connectivity index (χ2n) is 6.09. The quantitative estimate of drug-likeness (QED) is 0.380. The fourth-order valence-electron chi connectivity index (χ4n) is 2.12. The number of hydrogen-bond donors (Lipinski definition) is 2. The third-order valence-corrected chi connectivity index (χ3v) is 3.63. The molecule has 1 unspecified atom stereocenters. The predicted molar refractivity (Wildman–Crippen MR) is 85.3 cm³/mol. The first-order valence-electron chi connectivity index (χ1n) is 8.17. The minimum absolute atomic E-state index is 0.0683. The van der Waals surface area contributed by atoms with Gasteiger partial charge in [0.15, 0.2) is 0 Å². The number of allylic oxidation sites excluding steroid dienone is 2. The number of aliphatic hydroxyl groups excluding tert-OH is 1. The van der Waals surface area contributed by atoms with Gasteiger partial charge in [0.25, 0.3) is 0 Å². The van der Waals surface area contributed by atoms with Crippen molar-refractivity contribution in [3.8, 4) is 0 Å². The van der Waals surface area contributed by atoms with Crippen LogP contribution >= 0.6 is 0 Å². The summed E-state index contributed by atoms with van der Waals surface area (Å²) in [5.74, 6) is 0.